The average Bonchev–Trinajstić information content (AvgIpc) is 2.39. The van der Waals surface area contributed by atoms with E-state index in [4.69, 9.17) is 0 Å². The fourth-order valence-electron chi connectivity index (χ4n) is 1.41. The van der Waals surface area contributed by atoms with E-state index in [0.29, 0.717) is 6.54 Å². The third-order valence-electron chi connectivity index (χ3n) is 2.22. The molecular formula is C13H14ClN3O. The van der Waals surface area contributed by atoms with Gasteiger partial charge in [-0.2, -0.15) is 4.57 Å². The predicted molar refractivity (Wildman–Crippen MR) is 64.8 cm³/mol. The molecule has 0 aliphatic rings. The SMILES string of the molecule is O=C(C[n+]1ccccc1)NNc1ccccc1.[Cl-]. The van der Waals surface area contributed by atoms with Gasteiger partial charge in [-0.25, -0.2) is 0 Å². The van der Waals surface area contributed by atoms with E-state index in [-0.39, 0.29) is 18.3 Å². The first-order valence-electron chi connectivity index (χ1n) is 5.38. The molecule has 0 aliphatic carbocycles. The second-order valence-corrected chi connectivity index (χ2v) is 3.59. The number of halogens is 1. The normalized spacial score (nSPS) is 9.11. The summed E-state index contributed by atoms with van der Waals surface area (Å²) in [7, 11) is 0. The van der Waals surface area contributed by atoms with Crippen molar-refractivity contribution in [1.82, 2.24) is 5.43 Å². The number of amides is 1. The molecule has 0 radical (unpaired) electrons. The van der Waals surface area contributed by atoms with Crippen molar-refractivity contribution in [1.29, 1.82) is 0 Å². The summed E-state index contributed by atoms with van der Waals surface area (Å²) < 4.78 is 1.81. The second kappa shape index (κ2) is 7.29. The largest absolute Gasteiger partial charge is 1.00 e. The third kappa shape index (κ3) is 4.43. The highest BCUT2D eigenvalue weighted by Gasteiger charge is 2.06. The van der Waals surface area contributed by atoms with E-state index in [0.717, 1.165) is 5.69 Å². The molecule has 0 spiro atoms. The monoisotopic (exact) mass is 263 g/mol. The number of hydrogen-bond donors (Lipinski definition) is 2. The Morgan fingerprint density at radius 1 is 1.00 bits per heavy atom. The Kier molecular flexibility index (Phi) is 5.67. The number of para-hydroxylation sites is 1. The van der Waals surface area contributed by atoms with E-state index in [1.807, 2.05) is 65.5 Å². The number of aromatic nitrogens is 1. The van der Waals surface area contributed by atoms with Crippen LogP contribution in [0.15, 0.2) is 60.9 Å². The van der Waals surface area contributed by atoms with Crippen LogP contribution in [0.3, 0.4) is 0 Å². The molecule has 1 aromatic heterocycles. The summed E-state index contributed by atoms with van der Waals surface area (Å²) in [4.78, 5) is 11.6. The van der Waals surface area contributed by atoms with Crippen LogP contribution in [0.2, 0.25) is 0 Å². The highest BCUT2D eigenvalue weighted by atomic mass is 35.5. The summed E-state index contributed by atoms with van der Waals surface area (Å²) in [6.07, 6.45) is 3.70. The minimum Gasteiger partial charge on any atom is -1.00 e. The van der Waals surface area contributed by atoms with E-state index >= 15 is 0 Å². The molecule has 4 nitrogen and oxygen atoms in total. The Hall–Kier alpha value is -2.07. The molecule has 0 atom stereocenters. The number of hydrogen-bond acceptors (Lipinski definition) is 2. The smallest absolute Gasteiger partial charge is 0.304 e. The first-order valence-corrected chi connectivity index (χ1v) is 5.38. The van der Waals surface area contributed by atoms with Gasteiger partial charge in [0.1, 0.15) is 0 Å². The summed E-state index contributed by atoms with van der Waals surface area (Å²) in [5, 5.41) is 0. The lowest BCUT2D eigenvalue weighted by Crippen LogP contribution is -3.00. The molecule has 2 aromatic rings. The van der Waals surface area contributed by atoms with Gasteiger partial charge in [0.25, 0.3) is 0 Å². The van der Waals surface area contributed by atoms with Crippen LogP contribution in [0.5, 0.6) is 0 Å². The summed E-state index contributed by atoms with van der Waals surface area (Å²) in [6, 6.07) is 15.2. The van der Waals surface area contributed by atoms with Gasteiger partial charge >= 0.3 is 5.91 Å². The molecule has 18 heavy (non-hydrogen) atoms. The zero-order chi connectivity index (χ0) is 11.9. The highest BCUT2D eigenvalue weighted by Crippen LogP contribution is 2.02. The zero-order valence-electron chi connectivity index (χ0n) is 9.71. The van der Waals surface area contributed by atoms with Crippen molar-refractivity contribution in [3.8, 4) is 0 Å². The maximum atomic E-state index is 11.6. The molecule has 2 N–H and O–H groups in total. The summed E-state index contributed by atoms with van der Waals surface area (Å²) >= 11 is 0. The Morgan fingerprint density at radius 3 is 2.28 bits per heavy atom. The van der Waals surface area contributed by atoms with Crippen LogP contribution in [0.25, 0.3) is 0 Å². The molecule has 0 unspecified atom stereocenters. The molecule has 1 heterocycles. The van der Waals surface area contributed by atoms with Gasteiger partial charge in [0.05, 0.1) is 5.69 Å². The van der Waals surface area contributed by atoms with Crippen LogP contribution in [0, 0.1) is 0 Å². The van der Waals surface area contributed by atoms with E-state index in [1.54, 1.807) is 0 Å². The number of carbonyl (C=O) groups is 1. The van der Waals surface area contributed by atoms with Gasteiger partial charge in [-0.3, -0.25) is 15.6 Å². The maximum Gasteiger partial charge on any atom is 0.304 e. The van der Waals surface area contributed by atoms with Gasteiger partial charge in [0.15, 0.2) is 12.4 Å². The summed E-state index contributed by atoms with van der Waals surface area (Å²) in [6.45, 7) is 0.292. The number of nitrogens with one attached hydrogen (secondary N) is 2. The van der Waals surface area contributed by atoms with Gasteiger partial charge in [-0.05, 0) is 12.1 Å². The molecule has 1 aromatic carbocycles. The molecule has 1 amide bonds. The number of pyridine rings is 1. The number of nitrogens with zero attached hydrogens (tertiary/aromatic N) is 1. The van der Waals surface area contributed by atoms with Gasteiger partial charge in [0.2, 0.25) is 6.54 Å². The van der Waals surface area contributed by atoms with Gasteiger partial charge in [-0.1, -0.05) is 24.3 Å². The molecule has 0 saturated heterocycles. The minimum atomic E-state index is -0.0925. The Balaban J connectivity index is 0.00000162. The van der Waals surface area contributed by atoms with Crippen molar-refractivity contribution in [2.24, 2.45) is 0 Å². The number of rotatable bonds is 4. The lowest BCUT2D eigenvalue weighted by atomic mass is 10.3. The third-order valence-corrected chi connectivity index (χ3v) is 2.22. The number of hydrazine groups is 1. The molecule has 0 bridgehead atoms. The van der Waals surface area contributed by atoms with Crippen molar-refractivity contribution in [3.63, 3.8) is 0 Å². The topological polar surface area (TPSA) is 45.0 Å². The quantitative estimate of drug-likeness (QED) is 0.501. The second-order valence-electron chi connectivity index (χ2n) is 3.59. The number of carbonyl (C=O) groups excluding carboxylic acids is 1. The lowest BCUT2D eigenvalue weighted by Gasteiger charge is -2.06. The predicted octanol–water partition coefficient (Wildman–Crippen LogP) is -1.88. The van der Waals surface area contributed by atoms with Crippen molar-refractivity contribution in [2.75, 3.05) is 5.43 Å². The van der Waals surface area contributed by atoms with Crippen LogP contribution in [0.4, 0.5) is 5.69 Å². The molecule has 5 heteroatoms. The lowest BCUT2D eigenvalue weighted by molar-refractivity contribution is -0.684. The Labute approximate surface area is 112 Å². The van der Waals surface area contributed by atoms with Gasteiger partial charge in [0, 0.05) is 12.1 Å². The zero-order valence-corrected chi connectivity index (χ0v) is 10.5. The summed E-state index contributed by atoms with van der Waals surface area (Å²) in [5.41, 5.74) is 6.35. The molecular weight excluding hydrogens is 250 g/mol. The van der Waals surface area contributed by atoms with E-state index < -0.39 is 0 Å². The van der Waals surface area contributed by atoms with Crippen molar-refractivity contribution in [2.45, 2.75) is 6.54 Å². The molecule has 0 aliphatic heterocycles. The van der Waals surface area contributed by atoms with Crippen molar-refractivity contribution >= 4 is 11.6 Å². The van der Waals surface area contributed by atoms with E-state index in [1.165, 1.54) is 0 Å². The van der Waals surface area contributed by atoms with Gasteiger partial charge in [-0.15, -0.1) is 0 Å². The molecule has 94 valence electrons. The van der Waals surface area contributed by atoms with Crippen LogP contribution < -0.4 is 27.8 Å². The number of anilines is 1. The van der Waals surface area contributed by atoms with E-state index in [9.17, 15) is 4.79 Å². The Bertz CT molecular complexity index is 476. The van der Waals surface area contributed by atoms with Crippen molar-refractivity contribution in [3.05, 3.63) is 60.9 Å². The molecule has 2 rings (SSSR count). The standard InChI is InChI=1S/C13H13N3O.ClH/c17-13(11-16-9-5-2-6-10-16)15-14-12-7-3-1-4-8-12;/h1-10,14H,11H2;1H. The highest BCUT2D eigenvalue weighted by molar-refractivity contribution is 5.75. The summed E-state index contributed by atoms with van der Waals surface area (Å²) in [5.74, 6) is -0.0925. The van der Waals surface area contributed by atoms with Gasteiger partial charge < -0.3 is 12.4 Å². The van der Waals surface area contributed by atoms with Crippen LogP contribution in [0.1, 0.15) is 0 Å². The average molecular weight is 264 g/mol. The Morgan fingerprint density at radius 2 is 1.61 bits per heavy atom. The van der Waals surface area contributed by atoms with Crippen LogP contribution in [-0.4, -0.2) is 5.91 Å². The fourth-order valence-corrected chi connectivity index (χ4v) is 1.41. The first-order chi connectivity index (χ1) is 8.34. The van der Waals surface area contributed by atoms with Crippen molar-refractivity contribution < 1.29 is 21.8 Å². The van der Waals surface area contributed by atoms with Crippen LogP contribution >= 0.6 is 0 Å². The van der Waals surface area contributed by atoms with E-state index in [2.05, 4.69) is 10.9 Å². The molecule has 0 saturated carbocycles. The maximum absolute atomic E-state index is 11.6. The first kappa shape index (κ1) is 14.0. The minimum absolute atomic E-state index is 0. The van der Waals surface area contributed by atoms with Crippen LogP contribution in [-0.2, 0) is 11.3 Å². The fraction of sp³-hybridized carbons (Fsp3) is 0.0769. The number of benzene rings is 1. The molecule has 0 fully saturated rings.